The van der Waals surface area contributed by atoms with E-state index in [9.17, 15) is 8.42 Å². The van der Waals surface area contributed by atoms with E-state index in [2.05, 4.69) is 34.5 Å². The van der Waals surface area contributed by atoms with E-state index in [4.69, 9.17) is 0 Å². The van der Waals surface area contributed by atoms with Crippen LogP contribution in [0.3, 0.4) is 0 Å². The molecular weight excluding hydrogens is 324 g/mol. The molecule has 1 aromatic rings. The Morgan fingerprint density at radius 2 is 1.83 bits per heavy atom. The molecule has 0 unspecified atom stereocenters. The van der Waals surface area contributed by atoms with Crippen LogP contribution in [0.2, 0.25) is 0 Å². The van der Waals surface area contributed by atoms with Crippen LogP contribution in [-0.2, 0) is 16.3 Å². The number of benzene rings is 1. The highest BCUT2D eigenvalue weighted by atomic mass is 32.2. The van der Waals surface area contributed by atoms with E-state index in [1.807, 2.05) is 19.1 Å². The third-order valence-electron chi connectivity index (χ3n) is 3.69. The van der Waals surface area contributed by atoms with Crippen molar-refractivity contribution in [3.8, 4) is 0 Å². The fraction of sp³-hybridized carbons (Fsp3) is 0.588. The summed E-state index contributed by atoms with van der Waals surface area (Å²) < 4.78 is 22.9. The molecule has 1 aromatic carbocycles. The molecule has 6 nitrogen and oxygen atoms in total. The molecular formula is C17H30N4O2S. The van der Waals surface area contributed by atoms with E-state index in [0.29, 0.717) is 4.90 Å². The Morgan fingerprint density at radius 3 is 2.38 bits per heavy atom. The van der Waals surface area contributed by atoms with Gasteiger partial charge in [-0.25, -0.2) is 8.42 Å². The zero-order valence-corrected chi connectivity index (χ0v) is 16.0. The second-order valence-electron chi connectivity index (χ2n) is 5.75. The van der Waals surface area contributed by atoms with Gasteiger partial charge in [-0.15, -0.1) is 0 Å². The highest BCUT2D eigenvalue weighted by Gasteiger charge is 2.06. The van der Waals surface area contributed by atoms with Crippen molar-refractivity contribution in [3.63, 3.8) is 0 Å². The highest BCUT2D eigenvalue weighted by Crippen LogP contribution is 2.10. The largest absolute Gasteiger partial charge is 0.357 e. The molecule has 0 aliphatic rings. The first kappa shape index (κ1) is 20.4. The standard InChI is InChI=1S/C17H30N4O2S/c1-5-18-17(20-13-14-21(3)6-2)19-12-11-15-7-9-16(10-8-15)24(4,22)23/h7-10H,5-6,11-14H2,1-4H3,(H2,18,19,20). The van der Waals surface area contributed by atoms with Crippen molar-refractivity contribution in [1.29, 1.82) is 0 Å². The van der Waals surface area contributed by atoms with Crippen LogP contribution in [0.15, 0.2) is 34.2 Å². The van der Waals surface area contributed by atoms with Gasteiger partial charge in [-0.1, -0.05) is 19.1 Å². The maximum absolute atomic E-state index is 11.4. The fourth-order valence-electron chi connectivity index (χ4n) is 2.06. The average molecular weight is 355 g/mol. The first-order valence-corrected chi connectivity index (χ1v) is 10.3. The Kier molecular flexibility index (Phi) is 8.78. The molecule has 0 radical (unpaired) electrons. The lowest BCUT2D eigenvalue weighted by Gasteiger charge is -2.14. The second-order valence-corrected chi connectivity index (χ2v) is 7.77. The predicted octanol–water partition coefficient (Wildman–Crippen LogP) is 1.14. The molecule has 2 N–H and O–H groups in total. The van der Waals surface area contributed by atoms with Crippen molar-refractivity contribution in [2.24, 2.45) is 4.99 Å². The van der Waals surface area contributed by atoms with Gasteiger partial charge < -0.3 is 15.5 Å². The fourth-order valence-corrected chi connectivity index (χ4v) is 2.69. The second kappa shape index (κ2) is 10.3. The first-order chi connectivity index (χ1) is 11.4. The molecule has 24 heavy (non-hydrogen) atoms. The zero-order valence-electron chi connectivity index (χ0n) is 15.2. The number of likely N-dealkylation sites (N-methyl/N-ethyl adjacent to an activating group) is 1. The number of aliphatic imine (C=N–C) groups is 1. The van der Waals surface area contributed by atoms with Crippen molar-refractivity contribution in [2.45, 2.75) is 25.2 Å². The molecule has 0 atom stereocenters. The SMILES string of the molecule is CCNC(=NCCN(C)CC)NCCc1ccc(S(C)(=O)=O)cc1. The summed E-state index contributed by atoms with van der Waals surface area (Å²) in [5.74, 6) is 0.815. The van der Waals surface area contributed by atoms with Gasteiger partial charge in [0, 0.05) is 25.9 Å². The van der Waals surface area contributed by atoms with E-state index in [1.54, 1.807) is 12.1 Å². The van der Waals surface area contributed by atoms with Crippen molar-refractivity contribution in [2.75, 3.05) is 46.0 Å². The maximum Gasteiger partial charge on any atom is 0.191 e. The van der Waals surface area contributed by atoms with Crippen LogP contribution < -0.4 is 10.6 Å². The molecule has 0 saturated carbocycles. The van der Waals surface area contributed by atoms with Crippen LogP contribution in [0.4, 0.5) is 0 Å². The Morgan fingerprint density at radius 1 is 1.17 bits per heavy atom. The Hall–Kier alpha value is -1.60. The topological polar surface area (TPSA) is 73.8 Å². The zero-order chi connectivity index (χ0) is 18.0. The van der Waals surface area contributed by atoms with Gasteiger partial charge in [0.05, 0.1) is 11.4 Å². The first-order valence-electron chi connectivity index (χ1n) is 8.36. The molecule has 0 heterocycles. The summed E-state index contributed by atoms with van der Waals surface area (Å²) in [6, 6.07) is 7.03. The minimum Gasteiger partial charge on any atom is -0.357 e. The van der Waals surface area contributed by atoms with E-state index >= 15 is 0 Å². The molecule has 0 spiro atoms. The van der Waals surface area contributed by atoms with Crippen LogP contribution in [0, 0.1) is 0 Å². The number of nitrogens with zero attached hydrogens (tertiary/aromatic N) is 2. The average Bonchev–Trinajstić information content (AvgIpc) is 2.54. The number of sulfone groups is 1. The Labute approximate surface area is 146 Å². The van der Waals surface area contributed by atoms with Gasteiger partial charge in [0.1, 0.15) is 0 Å². The molecule has 1 rings (SSSR count). The molecule has 0 saturated heterocycles. The number of guanidine groups is 1. The molecule has 0 bridgehead atoms. The number of hydrogen-bond donors (Lipinski definition) is 2. The van der Waals surface area contributed by atoms with E-state index in [-0.39, 0.29) is 0 Å². The van der Waals surface area contributed by atoms with Crippen molar-refractivity contribution >= 4 is 15.8 Å². The van der Waals surface area contributed by atoms with Crippen molar-refractivity contribution in [1.82, 2.24) is 15.5 Å². The van der Waals surface area contributed by atoms with Gasteiger partial charge in [-0.3, -0.25) is 4.99 Å². The summed E-state index contributed by atoms with van der Waals surface area (Å²) in [4.78, 5) is 7.13. The molecule has 0 fully saturated rings. The van der Waals surface area contributed by atoms with Crippen LogP contribution in [0.5, 0.6) is 0 Å². The van der Waals surface area contributed by atoms with Crippen LogP contribution in [-0.4, -0.2) is 65.3 Å². The van der Waals surface area contributed by atoms with Crippen molar-refractivity contribution in [3.05, 3.63) is 29.8 Å². The summed E-state index contributed by atoms with van der Waals surface area (Å²) in [7, 11) is -1.05. The van der Waals surface area contributed by atoms with Crippen LogP contribution in [0.1, 0.15) is 19.4 Å². The molecule has 0 aromatic heterocycles. The van der Waals surface area contributed by atoms with Gasteiger partial charge in [0.15, 0.2) is 15.8 Å². The molecule has 7 heteroatoms. The van der Waals surface area contributed by atoms with Crippen LogP contribution >= 0.6 is 0 Å². The Balaban J connectivity index is 2.48. The number of nitrogens with one attached hydrogen (secondary N) is 2. The summed E-state index contributed by atoms with van der Waals surface area (Å²) in [6.07, 6.45) is 2.03. The van der Waals surface area contributed by atoms with Gasteiger partial charge in [-0.2, -0.15) is 0 Å². The Bertz CT molecular complexity index is 612. The molecule has 0 aliphatic carbocycles. The predicted molar refractivity (Wildman–Crippen MR) is 100 cm³/mol. The lowest BCUT2D eigenvalue weighted by atomic mass is 10.1. The third kappa shape index (κ3) is 7.79. The van der Waals surface area contributed by atoms with E-state index in [0.717, 1.165) is 50.7 Å². The molecule has 0 amide bonds. The van der Waals surface area contributed by atoms with Gasteiger partial charge in [0.25, 0.3) is 0 Å². The minimum absolute atomic E-state index is 0.356. The third-order valence-corrected chi connectivity index (χ3v) is 4.82. The van der Waals surface area contributed by atoms with E-state index < -0.39 is 9.84 Å². The molecule has 0 aliphatic heterocycles. The highest BCUT2D eigenvalue weighted by molar-refractivity contribution is 7.90. The van der Waals surface area contributed by atoms with E-state index in [1.165, 1.54) is 6.26 Å². The monoisotopic (exact) mass is 354 g/mol. The number of rotatable bonds is 9. The lowest BCUT2D eigenvalue weighted by Crippen LogP contribution is -2.38. The van der Waals surface area contributed by atoms with Gasteiger partial charge in [0.2, 0.25) is 0 Å². The summed E-state index contributed by atoms with van der Waals surface area (Å²) in [5.41, 5.74) is 1.09. The van der Waals surface area contributed by atoms with Crippen LogP contribution in [0.25, 0.3) is 0 Å². The molecule has 136 valence electrons. The van der Waals surface area contributed by atoms with Crippen molar-refractivity contribution < 1.29 is 8.42 Å². The lowest BCUT2D eigenvalue weighted by molar-refractivity contribution is 0.363. The quantitative estimate of drug-likeness (QED) is 0.514. The smallest absolute Gasteiger partial charge is 0.191 e. The van der Waals surface area contributed by atoms with Gasteiger partial charge in [-0.05, 0) is 44.6 Å². The number of hydrogen-bond acceptors (Lipinski definition) is 4. The minimum atomic E-state index is -3.13. The summed E-state index contributed by atoms with van der Waals surface area (Å²) >= 11 is 0. The van der Waals surface area contributed by atoms with Gasteiger partial charge >= 0.3 is 0 Å². The normalized spacial score (nSPS) is 12.5. The summed E-state index contributed by atoms with van der Waals surface area (Å²) in [5, 5.41) is 6.54. The summed E-state index contributed by atoms with van der Waals surface area (Å²) in [6.45, 7) is 8.43. The maximum atomic E-state index is 11.4.